The fourth-order valence-corrected chi connectivity index (χ4v) is 3.80. The van der Waals surface area contributed by atoms with Gasteiger partial charge in [-0.15, -0.1) is 22.7 Å². The zero-order valence-electron chi connectivity index (χ0n) is 9.33. The highest BCUT2D eigenvalue weighted by Crippen LogP contribution is 2.31. The van der Waals surface area contributed by atoms with E-state index in [1.807, 2.05) is 22.4 Å². The van der Waals surface area contributed by atoms with E-state index in [-0.39, 0.29) is 5.91 Å². The quantitative estimate of drug-likeness (QED) is 0.813. The highest BCUT2D eigenvalue weighted by Gasteiger charge is 2.28. The monoisotopic (exact) mass is 263 g/mol. The largest absolute Gasteiger partial charge is 0.337 e. The summed E-state index contributed by atoms with van der Waals surface area (Å²) < 4.78 is 0. The zero-order valence-corrected chi connectivity index (χ0v) is 11.0. The van der Waals surface area contributed by atoms with Gasteiger partial charge >= 0.3 is 0 Å². The minimum absolute atomic E-state index is 0.194. The van der Waals surface area contributed by atoms with Crippen LogP contribution in [0.4, 0.5) is 0 Å². The molecule has 3 rings (SSSR count). The van der Waals surface area contributed by atoms with Crippen molar-refractivity contribution in [3.8, 4) is 0 Å². The van der Waals surface area contributed by atoms with Crippen LogP contribution < -0.4 is 0 Å². The second-order valence-electron chi connectivity index (χ2n) is 4.23. The first-order valence-electron chi connectivity index (χ1n) is 5.71. The third-order valence-electron chi connectivity index (χ3n) is 3.15. The van der Waals surface area contributed by atoms with Crippen LogP contribution in [-0.4, -0.2) is 23.9 Å². The molecular weight excluding hydrogens is 250 g/mol. The second kappa shape index (κ2) is 4.63. The van der Waals surface area contributed by atoms with Gasteiger partial charge in [0.15, 0.2) is 0 Å². The SMILES string of the molecule is O=C(c1cccs1)N1CCC(c2cccs2)C1. The average Bonchev–Trinajstić information content (AvgIpc) is 3.09. The van der Waals surface area contributed by atoms with Crippen LogP contribution in [-0.2, 0) is 0 Å². The maximum Gasteiger partial charge on any atom is 0.263 e. The van der Waals surface area contributed by atoms with E-state index >= 15 is 0 Å². The van der Waals surface area contributed by atoms with Crippen LogP contribution in [0.3, 0.4) is 0 Å². The maximum atomic E-state index is 12.2. The van der Waals surface area contributed by atoms with Gasteiger partial charge in [-0.3, -0.25) is 4.79 Å². The van der Waals surface area contributed by atoms with E-state index in [0.29, 0.717) is 5.92 Å². The Balaban J connectivity index is 1.70. The second-order valence-corrected chi connectivity index (χ2v) is 6.16. The number of carbonyl (C=O) groups is 1. The number of likely N-dealkylation sites (tertiary alicyclic amines) is 1. The van der Waals surface area contributed by atoms with Crippen molar-refractivity contribution in [3.63, 3.8) is 0 Å². The molecule has 4 heteroatoms. The van der Waals surface area contributed by atoms with Gasteiger partial charge < -0.3 is 4.90 Å². The molecule has 0 saturated carbocycles. The molecule has 1 unspecified atom stereocenters. The molecule has 0 aromatic carbocycles. The van der Waals surface area contributed by atoms with E-state index in [2.05, 4.69) is 17.5 Å². The van der Waals surface area contributed by atoms with E-state index < -0.39 is 0 Å². The summed E-state index contributed by atoms with van der Waals surface area (Å²) in [6, 6.07) is 8.11. The fourth-order valence-electron chi connectivity index (χ4n) is 2.26. The number of rotatable bonds is 2. The van der Waals surface area contributed by atoms with E-state index in [1.165, 1.54) is 16.2 Å². The lowest BCUT2D eigenvalue weighted by Gasteiger charge is -2.14. The van der Waals surface area contributed by atoms with Crippen molar-refractivity contribution < 1.29 is 4.79 Å². The number of carbonyl (C=O) groups excluding carboxylic acids is 1. The normalized spacial score (nSPS) is 19.8. The Labute approximate surface area is 109 Å². The highest BCUT2D eigenvalue weighted by molar-refractivity contribution is 7.12. The van der Waals surface area contributed by atoms with Crippen molar-refractivity contribution in [1.29, 1.82) is 0 Å². The fraction of sp³-hybridized carbons (Fsp3) is 0.308. The van der Waals surface area contributed by atoms with Crippen LogP contribution in [0.15, 0.2) is 35.0 Å². The molecule has 0 spiro atoms. The van der Waals surface area contributed by atoms with Crippen molar-refractivity contribution in [2.75, 3.05) is 13.1 Å². The third-order valence-corrected chi connectivity index (χ3v) is 5.05. The number of hydrogen-bond acceptors (Lipinski definition) is 3. The third kappa shape index (κ3) is 2.15. The molecule has 1 saturated heterocycles. The summed E-state index contributed by atoms with van der Waals surface area (Å²) in [7, 11) is 0. The Morgan fingerprint density at radius 3 is 2.76 bits per heavy atom. The Morgan fingerprint density at radius 1 is 1.24 bits per heavy atom. The molecule has 17 heavy (non-hydrogen) atoms. The van der Waals surface area contributed by atoms with Gasteiger partial charge in [-0.05, 0) is 29.3 Å². The smallest absolute Gasteiger partial charge is 0.263 e. The Morgan fingerprint density at radius 2 is 2.06 bits per heavy atom. The number of thiophene rings is 2. The Kier molecular flexibility index (Phi) is 2.99. The molecule has 2 nitrogen and oxygen atoms in total. The Hall–Kier alpha value is -1.13. The lowest BCUT2D eigenvalue weighted by molar-refractivity contribution is 0.0795. The molecule has 1 atom stereocenters. The van der Waals surface area contributed by atoms with Crippen LogP contribution >= 0.6 is 22.7 Å². The van der Waals surface area contributed by atoms with E-state index in [9.17, 15) is 4.79 Å². The molecule has 3 heterocycles. The molecule has 1 aliphatic rings. The minimum atomic E-state index is 0.194. The van der Waals surface area contributed by atoms with Crippen LogP contribution in [0.25, 0.3) is 0 Å². The first kappa shape index (κ1) is 11.0. The van der Waals surface area contributed by atoms with E-state index in [1.54, 1.807) is 11.3 Å². The van der Waals surface area contributed by atoms with E-state index in [4.69, 9.17) is 0 Å². The maximum absolute atomic E-state index is 12.2. The van der Waals surface area contributed by atoms with Crippen molar-refractivity contribution in [3.05, 3.63) is 44.8 Å². The highest BCUT2D eigenvalue weighted by atomic mass is 32.1. The predicted molar refractivity (Wildman–Crippen MR) is 71.9 cm³/mol. The predicted octanol–water partition coefficient (Wildman–Crippen LogP) is 3.44. The lowest BCUT2D eigenvalue weighted by atomic mass is 10.1. The zero-order chi connectivity index (χ0) is 11.7. The summed E-state index contributed by atoms with van der Waals surface area (Å²) in [5.41, 5.74) is 0. The molecule has 2 aromatic rings. The lowest BCUT2D eigenvalue weighted by Crippen LogP contribution is -2.27. The number of amides is 1. The van der Waals surface area contributed by atoms with Crippen molar-refractivity contribution >= 4 is 28.6 Å². The molecule has 0 radical (unpaired) electrons. The molecule has 1 amide bonds. The number of hydrogen-bond donors (Lipinski definition) is 0. The van der Waals surface area contributed by atoms with Crippen molar-refractivity contribution in [1.82, 2.24) is 4.90 Å². The first-order valence-corrected chi connectivity index (χ1v) is 7.47. The first-order chi connectivity index (χ1) is 8.34. The minimum Gasteiger partial charge on any atom is -0.337 e. The Bertz CT molecular complexity index is 489. The summed E-state index contributed by atoms with van der Waals surface area (Å²) in [4.78, 5) is 16.4. The number of nitrogens with zero attached hydrogens (tertiary/aromatic N) is 1. The van der Waals surface area contributed by atoms with Gasteiger partial charge in [-0.1, -0.05) is 12.1 Å². The molecule has 0 bridgehead atoms. The summed E-state index contributed by atoms with van der Waals surface area (Å²) in [6.45, 7) is 1.76. The topological polar surface area (TPSA) is 20.3 Å². The summed E-state index contributed by atoms with van der Waals surface area (Å²) >= 11 is 3.32. The van der Waals surface area contributed by atoms with Gasteiger partial charge in [0.2, 0.25) is 0 Å². The molecule has 88 valence electrons. The van der Waals surface area contributed by atoms with Crippen LogP contribution in [0.5, 0.6) is 0 Å². The molecule has 2 aromatic heterocycles. The van der Waals surface area contributed by atoms with Crippen LogP contribution in [0, 0.1) is 0 Å². The van der Waals surface area contributed by atoms with E-state index in [0.717, 1.165) is 24.4 Å². The molecule has 1 fully saturated rings. The van der Waals surface area contributed by atoms with Crippen molar-refractivity contribution in [2.24, 2.45) is 0 Å². The van der Waals surface area contributed by atoms with Gasteiger partial charge in [0.05, 0.1) is 4.88 Å². The van der Waals surface area contributed by atoms with Gasteiger partial charge in [0.25, 0.3) is 5.91 Å². The molecule has 0 aliphatic carbocycles. The average molecular weight is 263 g/mol. The van der Waals surface area contributed by atoms with Crippen LogP contribution in [0.1, 0.15) is 26.9 Å². The van der Waals surface area contributed by atoms with Gasteiger partial charge in [-0.25, -0.2) is 0 Å². The summed E-state index contributed by atoms with van der Waals surface area (Å²) in [5.74, 6) is 0.734. The molecular formula is C13H13NOS2. The van der Waals surface area contributed by atoms with Gasteiger partial charge in [0.1, 0.15) is 0 Å². The van der Waals surface area contributed by atoms with Gasteiger partial charge in [-0.2, -0.15) is 0 Å². The van der Waals surface area contributed by atoms with Crippen molar-refractivity contribution in [2.45, 2.75) is 12.3 Å². The standard InChI is InChI=1S/C13H13NOS2/c15-13(12-4-2-8-17-12)14-6-5-10(9-14)11-3-1-7-16-11/h1-4,7-8,10H,5-6,9H2. The van der Waals surface area contributed by atoms with Crippen LogP contribution in [0.2, 0.25) is 0 Å². The summed E-state index contributed by atoms with van der Waals surface area (Å²) in [5, 5.41) is 4.07. The van der Waals surface area contributed by atoms with Gasteiger partial charge in [0, 0.05) is 23.9 Å². The summed E-state index contributed by atoms with van der Waals surface area (Å²) in [6.07, 6.45) is 1.09. The molecule has 0 N–H and O–H groups in total. The molecule has 1 aliphatic heterocycles.